The van der Waals surface area contributed by atoms with E-state index in [1.807, 2.05) is 17.8 Å². The molecule has 1 aliphatic carbocycles. The number of amidine groups is 1. The van der Waals surface area contributed by atoms with E-state index in [1.54, 1.807) is 7.05 Å². The average Bonchev–Trinajstić information content (AvgIpc) is 2.90. The van der Waals surface area contributed by atoms with Crippen molar-refractivity contribution in [1.82, 2.24) is 9.99 Å². The Morgan fingerprint density at radius 1 is 1.37 bits per heavy atom. The van der Waals surface area contributed by atoms with Crippen LogP contribution in [-0.4, -0.2) is 37.4 Å². The van der Waals surface area contributed by atoms with Crippen LogP contribution in [0.5, 0.6) is 0 Å². The molecule has 0 amide bonds. The first-order valence-corrected chi connectivity index (χ1v) is 6.79. The van der Waals surface area contributed by atoms with Gasteiger partial charge in [0.15, 0.2) is 0 Å². The van der Waals surface area contributed by atoms with E-state index >= 15 is 0 Å². The van der Waals surface area contributed by atoms with Gasteiger partial charge < -0.3 is 11.1 Å². The third kappa shape index (κ3) is 2.71. The highest BCUT2D eigenvalue weighted by molar-refractivity contribution is 5.96. The number of rotatable bonds is 4. The second kappa shape index (κ2) is 6.02. The summed E-state index contributed by atoms with van der Waals surface area (Å²) in [5.41, 5.74) is 7.92. The molecule has 0 aromatic carbocycles. The van der Waals surface area contributed by atoms with Gasteiger partial charge in [-0.05, 0) is 44.9 Å². The molecule has 1 aromatic rings. The van der Waals surface area contributed by atoms with Crippen molar-refractivity contribution in [3.8, 4) is 0 Å². The number of hydrogen-bond acceptors (Lipinski definition) is 3. The second-order valence-electron chi connectivity index (χ2n) is 5.04. The van der Waals surface area contributed by atoms with Gasteiger partial charge in [0.05, 0.1) is 0 Å². The zero-order valence-corrected chi connectivity index (χ0v) is 11.8. The van der Waals surface area contributed by atoms with Gasteiger partial charge in [-0.15, -0.1) is 0 Å². The van der Waals surface area contributed by atoms with Gasteiger partial charge in [-0.1, -0.05) is 0 Å². The first-order valence-electron chi connectivity index (χ1n) is 6.79. The molecule has 0 unspecified atom stereocenters. The highest BCUT2D eigenvalue weighted by Crippen LogP contribution is 2.33. The Morgan fingerprint density at radius 3 is 2.58 bits per heavy atom. The van der Waals surface area contributed by atoms with Crippen LogP contribution in [0.2, 0.25) is 0 Å². The van der Waals surface area contributed by atoms with E-state index in [4.69, 9.17) is 5.73 Å². The van der Waals surface area contributed by atoms with Gasteiger partial charge in [0.2, 0.25) is 0 Å². The molecule has 1 aliphatic rings. The number of hydrogen-bond donors (Lipinski definition) is 2. The van der Waals surface area contributed by atoms with Crippen LogP contribution in [0.3, 0.4) is 0 Å². The third-order valence-electron chi connectivity index (χ3n) is 4.08. The SMILES string of the molecule is C=Nn1c(C(N)=NC)ccc1C1CCC(NC)CC1. The molecular formula is C14H23N5. The number of aliphatic imine (C=N–C) groups is 1. The molecule has 0 spiro atoms. The quantitative estimate of drug-likeness (QED) is 0.637. The highest BCUT2D eigenvalue weighted by atomic mass is 15.4. The van der Waals surface area contributed by atoms with E-state index in [9.17, 15) is 0 Å². The van der Waals surface area contributed by atoms with Crippen LogP contribution >= 0.6 is 0 Å². The summed E-state index contributed by atoms with van der Waals surface area (Å²) in [6, 6.07) is 4.74. The summed E-state index contributed by atoms with van der Waals surface area (Å²) in [6.07, 6.45) is 4.76. The summed E-state index contributed by atoms with van der Waals surface area (Å²) >= 11 is 0. The van der Waals surface area contributed by atoms with Crippen molar-refractivity contribution in [1.29, 1.82) is 0 Å². The Hall–Kier alpha value is -1.62. The number of nitrogens with two attached hydrogens (primary N) is 1. The van der Waals surface area contributed by atoms with E-state index in [2.05, 4.69) is 28.2 Å². The number of nitrogens with zero attached hydrogens (tertiary/aromatic N) is 3. The van der Waals surface area contributed by atoms with E-state index in [0.717, 1.165) is 5.69 Å². The lowest BCUT2D eigenvalue weighted by atomic mass is 9.84. The van der Waals surface area contributed by atoms with Crippen molar-refractivity contribution >= 4 is 12.6 Å². The summed E-state index contributed by atoms with van der Waals surface area (Å²) in [4.78, 5) is 4.03. The number of nitrogens with one attached hydrogen (secondary N) is 1. The van der Waals surface area contributed by atoms with Crippen molar-refractivity contribution < 1.29 is 0 Å². The van der Waals surface area contributed by atoms with Gasteiger partial charge in [-0.2, -0.15) is 5.10 Å². The maximum absolute atomic E-state index is 5.89. The van der Waals surface area contributed by atoms with Crippen LogP contribution in [0.4, 0.5) is 0 Å². The van der Waals surface area contributed by atoms with E-state index in [-0.39, 0.29) is 0 Å². The molecule has 3 N–H and O–H groups in total. The van der Waals surface area contributed by atoms with Gasteiger partial charge in [0.1, 0.15) is 11.5 Å². The molecule has 5 nitrogen and oxygen atoms in total. The molecule has 0 radical (unpaired) electrons. The van der Waals surface area contributed by atoms with Crippen LogP contribution in [0.1, 0.15) is 43.0 Å². The van der Waals surface area contributed by atoms with E-state index in [0.29, 0.717) is 17.8 Å². The van der Waals surface area contributed by atoms with Gasteiger partial charge in [0.25, 0.3) is 0 Å². The Balaban J connectivity index is 2.22. The molecule has 0 aliphatic heterocycles. The Kier molecular flexibility index (Phi) is 4.37. The first kappa shape index (κ1) is 13.8. The van der Waals surface area contributed by atoms with Gasteiger partial charge in [-0.25, -0.2) is 4.68 Å². The predicted molar refractivity (Wildman–Crippen MR) is 80.1 cm³/mol. The molecule has 0 bridgehead atoms. The second-order valence-corrected chi connectivity index (χ2v) is 5.04. The van der Waals surface area contributed by atoms with Crippen molar-refractivity contribution in [2.24, 2.45) is 15.8 Å². The van der Waals surface area contributed by atoms with Gasteiger partial charge in [-0.3, -0.25) is 4.99 Å². The fraction of sp³-hybridized carbons (Fsp3) is 0.571. The monoisotopic (exact) mass is 261 g/mol. The summed E-state index contributed by atoms with van der Waals surface area (Å²) in [7, 11) is 3.73. The molecule has 1 fully saturated rings. The molecule has 0 atom stereocenters. The lowest BCUT2D eigenvalue weighted by Crippen LogP contribution is -2.30. The molecule has 5 heteroatoms. The van der Waals surface area contributed by atoms with Crippen molar-refractivity contribution in [2.45, 2.75) is 37.6 Å². The molecular weight excluding hydrogens is 238 g/mol. The van der Waals surface area contributed by atoms with Crippen LogP contribution < -0.4 is 11.1 Å². The topological polar surface area (TPSA) is 67.7 Å². The normalized spacial score (nSPS) is 24.4. The molecule has 1 saturated carbocycles. The predicted octanol–water partition coefficient (Wildman–Crippen LogP) is 1.53. The van der Waals surface area contributed by atoms with E-state index < -0.39 is 0 Å². The molecule has 104 valence electrons. The standard InChI is InChI=1S/C14H23N5/c1-16-11-6-4-10(5-7-11)12-8-9-13(14(15)17-2)19(12)18-3/h8-11,16H,3-7H2,1-2H3,(H2,15,17). The van der Waals surface area contributed by atoms with Gasteiger partial charge in [0, 0.05) is 31.4 Å². The number of aromatic nitrogens is 1. The van der Waals surface area contributed by atoms with Crippen LogP contribution in [0.15, 0.2) is 22.2 Å². The van der Waals surface area contributed by atoms with Crippen molar-refractivity contribution in [2.75, 3.05) is 14.1 Å². The molecule has 1 aromatic heterocycles. The van der Waals surface area contributed by atoms with Crippen molar-refractivity contribution in [3.63, 3.8) is 0 Å². The first-order chi connectivity index (χ1) is 9.21. The summed E-state index contributed by atoms with van der Waals surface area (Å²) < 4.78 is 1.84. The minimum absolute atomic E-state index is 0.502. The molecule has 0 saturated heterocycles. The maximum Gasteiger partial charge on any atom is 0.144 e. The lowest BCUT2D eigenvalue weighted by Gasteiger charge is -2.28. The Labute approximate surface area is 114 Å². The maximum atomic E-state index is 5.89. The van der Waals surface area contributed by atoms with E-state index in [1.165, 1.54) is 31.4 Å². The fourth-order valence-corrected chi connectivity index (χ4v) is 2.90. The minimum Gasteiger partial charge on any atom is -0.382 e. The molecule has 1 heterocycles. The smallest absolute Gasteiger partial charge is 0.144 e. The minimum atomic E-state index is 0.502. The van der Waals surface area contributed by atoms with Crippen LogP contribution in [-0.2, 0) is 0 Å². The van der Waals surface area contributed by atoms with Gasteiger partial charge >= 0.3 is 0 Å². The highest BCUT2D eigenvalue weighted by Gasteiger charge is 2.24. The molecule has 2 rings (SSSR count). The third-order valence-corrected chi connectivity index (χ3v) is 4.08. The van der Waals surface area contributed by atoms with Crippen LogP contribution in [0, 0.1) is 0 Å². The largest absolute Gasteiger partial charge is 0.382 e. The molecule has 19 heavy (non-hydrogen) atoms. The zero-order valence-electron chi connectivity index (χ0n) is 11.8. The Morgan fingerprint density at radius 2 is 2.05 bits per heavy atom. The van der Waals surface area contributed by atoms with Crippen molar-refractivity contribution in [3.05, 3.63) is 23.5 Å². The average molecular weight is 261 g/mol. The zero-order chi connectivity index (χ0) is 13.8. The summed E-state index contributed by atoms with van der Waals surface area (Å²) in [6.45, 7) is 3.66. The van der Waals surface area contributed by atoms with Crippen LogP contribution in [0.25, 0.3) is 0 Å². The Bertz CT molecular complexity index is 466. The lowest BCUT2D eigenvalue weighted by molar-refractivity contribution is 0.351. The fourth-order valence-electron chi connectivity index (χ4n) is 2.90. The summed E-state index contributed by atoms with van der Waals surface area (Å²) in [5.74, 6) is 1.04. The summed E-state index contributed by atoms with van der Waals surface area (Å²) in [5, 5.41) is 7.46.